The Hall–Kier alpha value is -0.0249. The van der Waals surface area contributed by atoms with Crippen molar-refractivity contribution in [1.82, 2.24) is 0 Å². The monoisotopic (exact) mass is 385 g/mol. The van der Waals surface area contributed by atoms with Gasteiger partial charge in [0.1, 0.15) is 5.75 Å². The number of thiol groups is 1. The van der Waals surface area contributed by atoms with E-state index >= 15 is 0 Å². The van der Waals surface area contributed by atoms with Gasteiger partial charge in [-0.2, -0.15) is 0 Å². The zero-order chi connectivity index (χ0) is 10.3. The second kappa shape index (κ2) is 7.39. The molecular weight excluding hydrogens is 373 g/mol. The molecule has 0 saturated carbocycles. The van der Waals surface area contributed by atoms with Gasteiger partial charge in [0, 0.05) is 0 Å². The van der Waals surface area contributed by atoms with E-state index in [2.05, 4.69) is 19.6 Å². The topological polar surface area (TPSA) is 37.3 Å². The molecule has 1 aromatic carbocycles. The number of rotatable bonds is 1. The van der Waals surface area contributed by atoms with Crippen LogP contribution >= 0.6 is 12.6 Å². The average molecular weight is 384 g/mol. The summed E-state index contributed by atoms with van der Waals surface area (Å²) in [5.74, 6) is -0.0255. The molecule has 1 aromatic rings. The first-order valence-electron chi connectivity index (χ1n) is 3.94. The van der Waals surface area contributed by atoms with E-state index in [1.807, 2.05) is 0 Å². The molecule has 0 fully saturated rings. The van der Waals surface area contributed by atoms with Crippen LogP contribution in [0.1, 0.15) is 17.3 Å². The summed E-state index contributed by atoms with van der Waals surface area (Å²) in [6.07, 6.45) is 0. The zero-order valence-corrected chi connectivity index (χ0v) is 13.9. The van der Waals surface area contributed by atoms with E-state index in [0.29, 0.717) is 0 Å². The molecule has 0 aliphatic heterocycles. The van der Waals surface area contributed by atoms with E-state index in [9.17, 15) is 4.79 Å². The maximum Gasteiger partial charge on any atom is 0.220 e. The number of hydrogen-bond acceptors (Lipinski definition) is 2. The molecule has 0 aromatic heterocycles. The van der Waals surface area contributed by atoms with Crippen LogP contribution in [0.3, 0.4) is 0 Å². The molecule has 0 saturated heterocycles. The molecule has 0 aliphatic carbocycles. The minimum atomic E-state index is -0.418. The van der Waals surface area contributed by atoms with E-state index in [0.717, 1.165) is 26.1 Å². The third-order valence-electron chi connectivity index (χ3n) is 1.13. The van der Waals surface area contributed by atoms with Crippen molar-refractivity contribution in [2.75, 3.05) is 0 Å². The molecule has 1 rings (SSSR count). The summed E-state index contributed by atoms with van der Waals surface area (Å²) in [5, 5.41) is 8.59. The Morgan fingerprint density at radius 1 is 1.54 bits per heavy atom. The van der Waals surface area contributed by atoms with Gasteiger partial charge in [0.05, 0.1) is 5.56 Å². The first-order valence-corrected chi connectivity index (χ1v) is 8.27. The van der Waals surface area contributed by atoms with Crippen LogP contribution in [0.25, 0.3) is 0 Å². The number of phenolic OH excluding ortho intramolecular Hbond substituents is 1. The second-order valence-electron chi connectivity index (χ2n) is 2.32. The van der Waals surface area contributed by atoms with Crippen LogP contribution in [0.2, 0.25) is 3.93 Å². The normalized spacial score (nSPS) is 8.62. The molecule has 0 bridgehead atoms. The number of phenols is 1. The van der Waals surface area contributed by atoms with Gasteiger partial charge in [-0.1, -0.05) is 12.1 Å². The van der Waals surface area contributed by atoms with Crippen molar-refractivity contribution in [3.8, 4) is 5.75 Å². The summed E-state index contributed by atoms with van der Waals surface area (Å²) < 4.78 is 1.44. The molecule has 4 heteroatoms. The first kappa shape index (κ1) is 13.0. The van der Waals surface area contributed by atoms with Crippen molar-refractivity contribution in [2.24, 2.45) is 0 Å². The molecular formula is C9H11HgO2S+. The van der Waals surface area contributed by atoms with Crippen LogP contribution in [-0.2, 0) is 26.1 Å². The summed E-state index contributed by atoms with van der Waals surface area (Å²) >= 11 is 4.62. The molecule has 2 nitrogen and oxygen atoms in total. The molecule has 13 heavy (non-hydrogen) atoms. The molecule has 0 amide bonds. The number of carbonyl (C=O) groups is 1. The predicted octanol–water partition coefficient (Wildman–Crippen LogP) is 2.43. The van der Waals surface area contributed by atoms with E-state index in [-0.39, 0.29) is 11.3 Å². The fraction of sp³-hybridized carbons (Fsp3) is 0.222. The van der Waals surface area contributed by atoms with Crippen LogP contribution in [0.5, 0.6) is 5.75 Å². The van der Waals surface area contributed by atoms with Crippen molar-refractivity contribution in [1.29, 1.82) is 0 Å². The Morgan fingerprint density at radius 2 is 2.00 bits per heavy atom. The average Bonchev–Trinajstić information content (AvgIpc) is 2.06. The summed E-state index contributed by atoms with van der Waals surface area (Å²) in [6, 6.07) is 6.28. The predicted molar refractivity (Wildman–Crippen MR) is 51.9 cm³/mol. The van der Waals surface area contributed by atoms with E-state index in [1.54, 1.807) is 12.1 Å². The van der Waals surface area contributed by atoms with Gasteiger partial charge >= 0.3 is 37.0 Å². The number of aromatic hydroxyl groups is 1. The number of para-hydroxylation sites is 1. The molecule has 66 valence electrons. The van der Waals surface area contributed by atoms with Crippen LogP contribution in [0.15, 0.2) is 24.3 Å². The Balaban J connectivity index is 0.000000424. The summed E-state index contributed by atoms with van der Waals surface area (Å²) in [4.78, 5) is 10.6. The van der Waals surface area contributed by atoms with Gasteiger partial charge in [0.2, 0.25) is 5.12 Å². The maximum absolute atomic E-state index is 10.6. The van der Waals surface area contributed by atoms with Gasteiger partial charge in [-0.15, -0.1) is 12.6 Å². The largest absolute Gasteiger partial charge is 0.507 e. The van der Waals surface area contributed by atoms with Crippen molar-refractivity contribution >= 4 is 17.7 Å². The second-order valence-corrected chi connectivity index (χ2v) is 6.62. The van der Waals surface area contributed by atoms with Gasteiger partial charge < -0.3 is 5.11 Å². The van der Waals surface area contributed by atoms with Gasteiger partial charge in [0.25, 0.3) is 0 Å². The molecule has 1 N–H and O–H groups in total. The smallest absolute Gasteiger partial charge is 0.220 e. The van der Waals surface area contributed by atoms with Crippen LogP contribution < -0.4 is 0 Å². The number of benzene rings is 1. The van der Waals surface area contributed by atoms with E-state index in [1.165, 1.54) is 16.1 Å². The summed E-state index contributed by atoms with van der Waals surface area (Å²) in [6.45, 7) is 2.21. The summed E-state index contributed by atoms with van der Waals surface area (Å²) in [5.41, 5.74) is 0.242. The third-order valence-corrected chi connectivity index (χ3v) is 1.38. The summed E-state index contributed by atoms with van der Waals surface area (Å²) in [7, 11) is 0. The molecule has 0 radical (unpaired) electrons. The van der Waals surface area contributed by atoms with Crippen molar-refractivity contribution < 1.29 is 36.0 Å². The van der Waals surface area contributed by atoms with Crippen molar-refractivity contribution in [3.05, 3.63) is 29.8 Å². The Labute approximate surface area is 99.7 Å². The fourth-order valence-corrected chi connectivity index (χ4v) is 0.844. The Morgan fingerprint density at radius 3 is 2.31 bits per heavy atom. The minimum Gasteiger partial charge on any atom is -0.507 e. The molecule has 0 unspecified atom stereocenters. The maximum atomic E-state index is 10.6. The van der Waals surface area contributed by atoms with E-state index < -0.39 is 5.12 Å². The Kier molecular flexibility index (Phi) is 7.37. The van der Waals surface area contributed by atoms with Crippen LogP contribution in [0.4, 0.5) is 0 Å². The van der Waals surface area contributed by atoms with Gasteiger partial charge in [0.15, 0.2) is 0 Å². The number of carbonyl (C=O) groups excluding carboxylic acids is 1. The molecule has 0 spiro atoms. The quantitative estimate of drug-likeness (QED) is 0.577. The molecule has 0 heterocycles. The zero-order valence-electron chi connectivity index (χ0n) is 7.53. The molecule has 0 aliphatic rings. The third kappa shape index (κ3) is 5.31. The van der Waals surface area contributed by atoms with E-state index in [4.69, 9.17) is 5.11 Å². The molecule has 0 atom stereocenters. The number of hydrogen-bond donors (Lipinski definition) is 2. The standard InChI is InChI=1S/C7H6O2S.C2H5.Hg/c8-6-4-2-1-3-5(6)7(9)10;1-2;/h1-4,8H,(H,9,10);1H2,2H3;/q;;+1. The fourth-order valence-electron chi connectivity index (χ4n) is 0.654. The van der Waals surface area contributed by atoms with Gasteiger partial charge in [-0.25, -0.2) is 0 Å². The Bertz CT molecular complexity index is 276. The first-order chi connectivity index (χ1) is 6.13. The van der Waals surface area contributed by atoms with Gasteiger partial charge in [-0.05, 0) is 12.1 Å². The van der Waals surface area contributed by atoms with Crippen LogP contribution in [0, 0.1) is 0 Å². The van der Waals surface area contributed by atoms with Crippen molar-refractivity contribution in [2.45, 2.75) is 10.9 Å². The van der Waals surface area contributed by atoms with Crippen LogP contribution in [-0.4, -0.2) is 10.2 Å². The van der Waals surface area contributed by atoms with Crippen molar-refractivity contribution in [3.63, 3.8) is 0 Å². The SMILES string of the molecule is C[CH2][Hg+].O=C(S)c1ccccc1O. The minimum absolute atomic E-state index is 0.0255. The van der Waals surface area contributed by atoms with Gasteiger partial charge in [-0.3, -0.25) is 4.79 Å².